The molecule has 0 saturated carbocycles. The van der Waals surface area contributed by atoms with Crippen molar-refractivity contribution in [2.75, 3.05) is 19.7 Å². The van der Waals surface area contributed by atoms with Gasteiger partial charge in [0.1, 0.15) is 0 Å². The second-order valence-corrected chi connectivity index (χ2v) is 4.02. The summed E-state index contributed by atoms with van der Waals surface area (Å²) in [5, 5.41) is 11.3. The molecule has 0 aromatic carbocycles. The smallest absolute Gasteiger partial charge is 0.228 e. The Kier molecular flexibility index (Phi) is 4.54. The highest BCUT2D eigenvalue weighted by Gasteiger charge is 2.31. The Bertz CT molecular complexity index is 280. The van der Waals surface area contributed by atoms with E-state index in [-0.39, 0.29) is 30.3 Å². The summed E-state index contributed by atoms with van der Waals surface area (Å²) < 4.78 is 5.35. The predicted molar refractivity (Wildman–Crippen MR) is 59.2 cm³/mol. The van der Waals surface area contributed by atoms with E-state index >= 15 is 0 Å². The lowest BCUT2D eigenvalue weighted by molar-refractivity contribution is -0.134. The van der Waals surface area contributed by atoms with Crippen LogP contribution in [0.4, 0.5) is 0 Å². The molecule has 0 radical (unpaired) electrons. The highest BCUT2D eigenvalue weighted by Crippen LogP contribution is 2.21. The van der Waals surface area contributed by atoms with Gasteiger partial charge < -0.3 is 20.6 Å². The van der Waals surface area contributed by atoms with E-state index in [0.717, 1.165) is 6.42 Å². The molecule has 16 heavy (non-hydrogen) atoms. The Morgan fingerprint density at radius 3 is 2.81 bits per heavy atom. The molecule has 1 aliphatic heterocycles. The fourth-order valence-corrected chi connectivity index (χ4v) is 1.82. The maximum absolute atomic E-state index is 12.0. The number of carbonyl (C=O) groups is 1. The molecule has 0 aliphatic carbocycles. The molecule has 2 unspecified atom stereocenters. The van der Waals surface area contributed by atoms with E-state index in [1.807, 2.05) is 13.8 Å². The monoisotopic (exact) mass is 229 g/mol. The Hall–Kier alpha value is -1.30. The molecule has 1 amide bonds. The van der Waals surface area contributed by atoms with Gasteiger partial charge in [-0.15, -0.1) is 0 Å². The minimum absolute atomic E-state index is 0.0125. The van der Waals surface area contributed by atoms with Gasteiger partial charge in [0.2, 0.25) is 5.91 Å². The van der Waals surface area contributed by atoms with Crippen LogP contribution in [0, 0.1) is 5.92 Å². The number of nitrogens with zero attached hydrogens (tertiary/aromatic N) is 2. The first-order valence-corrected chi connectivity index (χ1v) is 5.45. The number of ether oxygens (including phenoxy) is 1. The first-order chi connectivity index (χ1) is 7.58. The first kappa shape index (κ1) is 12.8. The van der Waals surface area contributed by atoms with E-state index in [0.29, 0.717) is 13.2 Å². The second-order valence-electron chi connectivity index (χ2n) is 4.02. The minimum Gasteiger partial charge on any atom is -0.409 e. The van der Waals surface area contributed by atoms with Crippen LogP contribution in [0.3, 0.4) is 0 Å². The zero-order valence-corrected chi connectivity index (χ0v) is 9.72. The van der Waals surface area contributed by atoms with Crippen LogP contribution in [-0.4, -0.2) is 47.7 Å². The molecule has 92 valence electrons. The van der Waals surface area contributed by atoms with Crippen LogP contribution in [0.5, 0.6) is 0 Å². The number of hydrogen-bond donors (Lipinski definition) is 2. The third-order valence-electron chi connectivity index (χ3n) is 2.72. The Morgan fingerprint density at radius 2 is 2.38 bits per heavy atom. The number of amidine groups is 1. The van der Waals surface area contributed by atoms with Gasteiger partial charge >= 0.3 is 0 Å². The molecule has 1 saturated heterocycles. The average Bonchev–Trinajstić information content (AvgIpc) is 2.71. The largest absolute Gasteiger partial charge is 0.409 e. The summed E-state index contributed by atoms with van der Waals surface area (Å²) in [5.74, 6) is -0.0398. The summed E-state index contributed by atoms with van der Waals surface area (Å²) in [6.07, 6.45) is 0.877. The van der Waals surface area contributed by atoms with E-state index in [4.69, 9.17) is 15.7 Å². The van der Waals surface area contributed by atoms with Gasteiger partial charge in [0.25, 0.3) is 0 Å². The van der Waals surface area contributed by atoms with Gasteiger partial charge in [-0.3, -0.25) is 4.79 Å². The molecule has 2 atom stereocenters. The number of oxime groups is 1. The zero-order chi connectivity index (χ0) is 12.1. The van der Waals surface area contributed by atoms with E-state index < -0.39 is 0 Å². The number of carbonyl (C=O) groups excluding carboxylic acids is 1. The highest BCUT2D eigenvalue weighted by atomic mass is 16.5. The third kappa shape index (κ3) is 3.10. The summed E-state index contributed by atoms with van der Waals surface area (Å²) in [6.45, 7) is 4.98. The highest BCUT2D eigenvalue weighted by molar-refractivity contribution is 5.87. The predicted octanol–water partition coefficient (Wildman–Crippen LogP) is 0.00630. The SMILES string of the molecule is CCN(CC(N)=NO)C(=O)C1COC(C)C1. The third-order valence-corrected chi connectivity index (χ3v) is 2.72. The van der Waals surface area contributed by atoms with Crippen molar-refractivity contribution in [1.29, 1.82) is 0 Å². The molecule has 0 bridgehead atoms. The molecule has 1 aliphatic rings. The van der Waals surface area contributed by atoms with Crippen molar-refractivity contribution in [3.05, 3.63) is 0 Å². The van der Waals surface area contributed by atoms with Crippen LogP contribution in [0.1, 0.15) is 20.3 Å². The molecule has 6 nitrogen and oxygen atoms in total. The van der Waals surface area contributed by atoms with Crippen LogP contribution in [0.25, 0.3) is 0 Å². The molecule has 1 fully saturated rings. The number of nitrogens with two attached hydrogens (primary N) is 1. The van der Waals surface area contributed by atoms with Crippen molar-refractivity contribution in [3.63, 3.8) is 0 Å². The van der Waals surface area contributed by atoms with Crippen LogP contribution < -0.4 is 5.73 Å². The summed E-state index contributed by atoms with van der Waals surface area (Å²) >= 11 is 0. The molecule has 0 spiro atoms. The summed E-state index contributed by atoms with van der Waals surface area (Å²) in [6, 6.07) is 0. The lowest BCUT2D eigenvalue weighted by Gasteiger charge is -2.22. The van der Waals surface area contributed by atoms with Crippen LogP contribution in [0.15, 0.2) is 5.16 Å². The van der Waals surface area contributed by atoms with Crippen molar-refractivity contribution in [3.8, 4) is 0 Å². The van der Waals surface area contributed by atoms with Gasteiger partial charge in [0.05, 0.1) is 25.2 Å². The molecule has 1 rings (SSSR count). The van der Waals surface area contributed by atoms with Gasteiger partial charge in [-0.2, -0.15) is 0 Å². The van der Waals surface area contributed by atoms with Gasteiger partial charge in [-0.05, 0) is 20.3 Å². The molecule has 1 heterocycles. The Balaban J connectivity index is 2.55. The van der Waals surface area contributed by atoms with Crippen LogP contribution >= 0.6 is 0 Å². The fraction of sp³-hybridized carbons (Fsp3) is 0.800. The summed E-state index contributed by atoms with van der Waals surface area (Å²) in [4.78, 5) is 13.6. The lowest BCUT2D eigenvalue weighted by atomic mass is 10.0. The standard InChI is InChI=1S/C10H19N3O3/c1-3-13(5-9(11)12-15)10(14)8-4-7(2)16-6-8/h7-8,15H,3-6H2,1-2H3,(H2,11,12). The van der Waals surface area contributed by atoms with E-state index in [2.05, 4.69) is 5.16 Å². The molecule has 0 aromatic rings. The maximum Gasteiger partial charge on any atom is 0.228 e. The van der Waals surface area contributed by atoms with Crippen LogP contribution in [-0.2, 0) is 9.53 Å². The fourth-order valence-electron chi connectivity index (χ4n) is 1.82. The first-order valence-electron chi connectivity index (χ1n) is 5.45. The van der Waals surface area contributed by atoms with Crippen molar-refractivity contribution in [2.45, 2.75) is 26.4 Å². The Labute approximate surface area is 95.0 Å². The number of hydrogen-bond acceptors (Lipinski definition) is 4. The van der Waals surface area contributed by atoms with Crippen LogP contribution in [0.2, 0.25) is 0 Å². The normalized spacial score (nSPS) is 25.8. The molecule has 6 heteroatoms. The number of amides is 1. The molecular formula is C10H19N3O3. The zero-order valence-electron chi connectivity index (χ0n) is 9.72. The van der Waals surface area contributed by atoms with Crippen molar-refractivity contribution in [1.82, 2.24) is 4.90 Å². The number of rotatable bonds is 4. The van der Waals surface area contributed by atoms with Gasteiger partial charge in [0.15, 0.2) is 5.84 Å². The van der Waals surface area contributed by atoms with Gasteiger partial charge in [0, 0.05) is 6.54 Å². The molecule has 0 aromatic heterocycles. The maximum atomic E-state index is 12.0. The van der Waals surface area contributed by atoms with E-state index in [1.54, 1.807) is 4.90 Å². The molecular weight excluding hydrogens is 210 g/mol. The lowest BCUT2D eigenvalue weighted by Crippen LogP contribution is -2.41. The summed E-state index contributed by atoms with van der Waals surface area (Å²) in [7, 11) is 0. The quantitative estimate of drug-likeness (QED) is 0.307. The Morgan fingerprint density at radius 1 is 1.69 bits per heavy atom. The topological polar surface area (TPSA) is 88.1 Å². The summed E-state index contributed by atoms with van der Waals surface area (Å²) in [5.41, 5.74) is 5.39. The van der Waals surface area contributed by atoms with Gasteiger partial charge in [-0.1, -0.05) is 5.16 Å². The van der Waals surface area contributed by atoms with Gasteiger partial charge in [-0.25, -0.2) is 0 Å². The average molecular weight is 229 g/mol. The van der Waals surface area contributed by atoms with E-state index in [9.17, 15) is 4.79 Å². The van der Waals surface area contributed by atoms with Crippen molar-refractivity contribution >= 4 is 11.7 Å². The second kappa shape index (κ2) is 5.69. The molecule has 3 N–H and O–H groups in total. The van der Waals surface area contributed by atoms with Crippen molar-refractivity contribution in [2.24, 2.45) is 16.8 Å². The van der Waals surface area contributed by atoms with E-state index in [1.165, 1.54) is 0 Å². The minimum atomic E-state index is -0.0959. The number of likely N-dealkylation sites (N-methyl/N-ethyl adjacent to an activating group) is 1. The van der Waals surface area contributed by atoms with Crippen molar-refractivity contribution < 1.29 is 14.7 Å².